The van der Waals surface area contributed by atoms with E-state index in [0.29, 0.717) is 6.04 Å². The Morgan fingerprint density at radius 3 is 2.38 bits per heavy atom. The van der Waals surface area contributed by atoms with E-state index in [1.165, 1.54) is 18.4 Å². The summed E-state index contributed by atoms with van der Waals surface area (Å²) >= 11 is 0. The molecule has 0 aliphatic rings. The maximum atomic E-state index is 3.64. The van der Waals surface area contributed by atoms with E-state index in [0.717, 1.165) is 18.9 Å². The van der Waals surface area contributed by atoms with Gasteiger partial charge in [0.15, 0.2) is 0 Å². The number of hydrogen-bond acceptors (Lipinski definition) is 1. The highest BCUT2D eigenvalue weighted by Gasteiger charge is 2.06. The normalized spacial score (nSPS) is 13.0. The number of rotatable bonds is 7. The summed E-state index contributed by atoms with van der Waals surface area (Å²) in [5.74, 6) is 0.818. The molecule has 90 valence electrons. The summed E-state index contributed by atoms with van der Waals surface area (Å²) in [6.45, 7) is 7.95. The van der Waals surface area contributed by atoms with Gasteiger partial charge in [0.25, 0.3) is 0 Å². The standard InChI is InChI=1S/C15H25N/c1-4-15(14-10-6-5-7-11-14)16-12-8-9-13(2)3/h5-7,10-11,13,15-16H,4,8-9,12H2,1-3H3. The SMILES string of the molecule is CCC(NCCCC(C)C)c1ccccc1. The third kappa shape index (κ3) is 4.80. The topological polar surface area (TPSA) is 12.0 Å². The van der Waals surface area contributed by atoms with Crippen molar-refractivity contribution in [2.75, 3.05) is 6.54 Å². The number of benzene rings is 1. The molecule has 1 atom stereocenters. The Bertz CT molecular complexity index is 266. The lowest BCUT2D eigenvalue weighted by Crippen LogP contribution is -2.22. The van der Waals surface area contributed by atoms with Crippen molar-refractivity contribution in [1.29, 1.82) is 0 Å². The first-order valence-electron chi connectivity index (χ1n) is 6.52. The second kappa shape index (κ2) is 7.45. The van der Waals surface area contributed by atoms with Crippen molar-refractivity contribution in [3.8, 4) is 0 Å². The quantitative estimate of drug-likeness (QED) is 0.679. The maximum Gasteiger partial charge on any atom is 0.0317 e. The molecule has 1 unspecified atom stereocenters. The lowest BCUT2D eigenvalue weighted by Gasteiger charge is -2.17. The van der Waals surface area contributed by atoms with E-state index in [4.69, 9.17) is 0 Å². The summed E-state index contributed by atoms with van der Waals surface area (Å²) in [5.41, 5.74) is 1.41. The van der Waals surface area contributed by atoms with E-state index in [9.17, 15) is 0 Å². The van der Waals surface area contributed by atoms with Crippen LogP contribution in [0.1, 0.15) is 51.6 Å². The highest BCUT2D eigenvalue weighted by molar-refractivity contribution is 5.18. The van der Waals surface area contributed by atoms with E-state index in [1.54, 1.807) is 0 Å². The molecule has 0 spiro atoms. The lowest BCUT2D eigenvalue weighted by molar-refractivity contribution is 0.473. The molecule has 0 radical (unpaired) electrons. The molecule has 1 aromatic rings. The van der Waals surface area contributed by atoms with Gasteiger partial charge in [-0.1, -0.05) is 51.1 Å². The van der Waals surface area contributed by atoms with Gasteiger partial charge in [-0.15, -0.1) is 0 Å². The monoisotopic (exact) mass is 219 g/mol. The van der Waals surface area contributed by atoms with E-state index in [2.05, 4.69) is 56.4 Å². The first-order valence-corrected chi connectivity index (χ1v) is 6.52. The first-order chi connectivity index (χ1) is 7.74. The maximum absolute atomic E-state index is 3.64. The zero-order valence-electron chi connectivity index (χ0n) is 10.9. The highest BCUT2D eigenvalue weighted by atomic mass is 14.9. The van der Waals surface area contributed by atoms with Crippen molar-refractivity contribution in [3.63, 3.8) is 0 Å². The van der Waals surface area contributed by atoms with Crippen LogP contribution in [0.4, 0.5) is 0 Å². The Kier molecular flexibility index (Phi) is 6.17. The zero-order chi connectivity index (χ0) is 11.8. The van der Waals surface area contributed by atoms with Gasteiger partial charge in [0.1, 0.15) is 0 Å². The molecule has 0 saturated carbocycles. The van der Waals surface area contributed by atoms with Gasteiger partial charge in [-0.05, 0) is 37.3 Å². The van der Waals surface area contributed by atoms with Crippen LogP contribution in [0.25, 0.3) is 0 Å². The fourth-order valence-electron chi connectivity index (χ4n) is 1.97. The summed E-state index contributed by atoms with van der Waals surface area (Å²) in [7, 11) is 0. The van der Waals surface area contributed by atoms with Crippen LogP contribution in [0.15, 0.2) is 30.3 Å². The molecule has 0 aliphatic carbocycles. The minimum atomic E-state index is 0.522. The minimum absolute atomic E-state index is 0.522. The van der Waals surface area contributed by atoms with Gasteiger partial charge in [0, 0.05) is 6.04 Å². The molecule has 0 saturated heterocycles. The molecule has 1 aromatic carbocycles. The number of nitrogens with one attached hydrogen (secondary N) is 1. The zero-order valence-corrected chi connectivity index (χ0v) is 10.9. The predicted molar refractivity (Wildman–Crippen MR) is 71.5 cm³/mol. The highest BCUT2D eigenvalue weighted by Crippen LogP contribution is 2.15. The molecule has 0 fully saturated rings. The Balaban J connectivity index is 2.33. The average molecular weight is 219 g/mol. The van der Waals surface area contributed by atoms with Gasteiger partial charge in [-0.3, -0.25) is 0 Å². The number of hydrogen-bond donors (Lipinski definition) is 1. The van der Waals surface area contributed by atoms with E-state index < -0.39 is 0 Å². The van der Waals surface area contributed by atoms with Crippen molar-refractivity contribution < 1.29 is 0 Å². The Morgan fingerprint density at radius 2 is 1.81 bits per heavy atom. The van der Waals surface area contributed by atoms with Gasteiger partial charge in [-0.25, -0.2) is 0 Å². The average Bonchev–Trinajstić information content (AvgIpc) is 2.30. The van der Waals surface area contributed by atoms with E-state index in [1.807, 2.05) is 0 Å². The van der Waals surface area contributed by atoms with Crippen LogP contribution in [-0.4, -0.2) is 6.54 Å². The summed E-state index contributed by atoms with van der Waals surface area (Å²) in [4.78, 5) is 0. The van der Waals surface area contributed by atoms with Crippen molar-refractivity contribution >= 4 is 0 Å². The van der Waals surface area contributed by atoms with Crippen molar-refractivity contribution in [2.45, 2.75) is 46.1 Å². The van der Waals surface area contributed by atoms with Gasteiger partial charge in [-0.2, -0.15) is 0 Å². The summed E-state index contributed by atoms with van der Waals surface area (Å²) in [6.07, 6.45) is 3.75. The van der Waals surface area contributed by atoms with Crippen LogP contribution in [0, 0.1) is 5.92 Å². The third-order valence-electron chi connectivity index (χ3n) is 2.96. The summed E-state index contributed by atoms with van der Waals surface area (Å²) in [5, 5.41) is 3.64. The molecular formula is C15H25N. The first kappa shape index (κ1) is 13.2. The van der Waals surface area contributed by atoms with Crippen molar-refractivity contribution in [2.24, 2.45) is 5.92 Å². The second-order valence-corrected chi connectivity index (χ2v) is 4.86. The molecule has 16 heavy (non-hydrogen) atoms. The molecule has 0 heterocycles. The van der Waals surface area contributed by atoms with Crippen LogP contribution < -0.4 is 5.32 Å². The summed E-state index contributed by atoms with van der Waals surface area (Å²) < 4.78 is 0. The molecular weight excluding hydrogens is 194 g/mol. The summed E-state index contributed by atoms with van der Waals surface area (Å²) in [6, 6.07) is 11.3. The van der Waals surface area contributed by atoms with E-state index >= 15 is 0 Å². The van der Waals surface area contributed by atoms with Crippen LogP contribution in [0.3, 0.4) is 0 Å². The second-order valence-electron chi connectivity index (χ2n) is 4.86. The third-order valence-corrected chi connectivity index (χ3v) is 2.96. The molecule has 1 nitrogen and oxygen atoms in total. The van der Waals surface area contributed by atoms with Crippen LogP contribution in [0.2, 0.25) is 0 Å². The Morgan fingerprint density at radius 1 is 1.12 bits per heavy atom. The molecule has 0 bridgehead atoms. The molecule has 0 aliphatic heterocycles. The fraction of sp³-hybridized carbons (Fsp3) is 0.600. The predicted octanol–water partition coefficient (Wildman–Crippen LogP) is 4.16. The Labute approximate surface area is 100 Å². The minimum Gasteiger partial charge on any atom is -0.310 e. The molecule has 1 N–H and O–H groups in total. The smallest absolute Gasteiger partial charge is 0.0317 e. The van der Waals surface area contributed by atoms with Crippen molar-refractivity contribution in [3.05, 3.63) is 35.9 Å². The van der Waals surface area contributed by atoms with Gasteiger partial charge < -0.3 is 5.32 Å². The van der Waals surface area contributed by atoms with Crippen LogP contribution in [0.5, 0.6) is 0 Å². The van der Waals surface area contributed by atoms with Gasteiger partial charge in [0.05, 0.1) is 0 Å². The van der Waals surface area contributed by atoms with Crippen LogP contribution >= 0.6 is 0 Å². The van der Waals surface area contributed by atoms with Crippen LogP contribution in [-0.2, 0) is 0 Å². The molecule has 0 aromatic heterocycles. The van der Waals surface area contributed by atoms with Gasteiger partial charge in [0.2, 0.25) is 0 Å². The molecule has 1 rings (SSSR count). The molecule has 0 amide bonds. The van der Waals surface area contributed by atoms with Crippen molar-refractivity contribution in [1.82, 2.24) is 5.32 Å². The molecule has 1 heteroatoms. The lowest BCUT2D eigenvalue weighted by atomic mass is 10.0. The fourth-order valence-corrected chi connectivity index (χ4v) is 1.97. The van der Waals surface area contributed by atoms with E-state index in [-0.39, 0.29) is 0 Å². The largest absolute Gasteiger partial charge is 0.310 e. The Hall–Kier alpha value is -0.820. The van der Waals surface area contributed by atoms with Gasteiger partial charge >= 0.3 is 0 Å².